The second-order valence-corrected chi connectivity index (χ2v) is 3.81. The van der Waals surface area contributed by atoms with Crippen LogP contribution in [0.15, 0.2) is 0 Å². The minimum absolute atomic E-state index is 0.0975. The Morgan fingerprint density at radius 3 is 2.36 bits per heavy atom. The van der Waals surface area contributed by atoms with Gasteiger partial charge in [0, 0.05) is 13.6 Å². The van der Waals surface area contributed by atoms with Crippen LogP contribution in [-0.2, 0) is 4.79 Å². The molecule has 1 saturated heterocycles. The highest BCUT2D eigenvalue weighted by Crippen LogP contribution is 2.49. The molecule has 0 aliphatic carbocycles. The molecule has 1 aliphatic heterocycles. The van der Waals surface area contributed by atoms with Gasteiger partial charge in [0.25, 0.3) is 0 Å². The van der Waals surface area contributed by atoms with Crippen molar-refractivity contribution in [2.75, 3.05) is 13.6 Å². The zero-order valence-electron chi connectivity index (χ0n) is 8.32. The number of alkyl halides is 3. The lowest BCUT2D eigenvalue weighted by Gasteiger charge is -2.29. The number of carbonyl (C=O) groups excluding carboxylic acids is 1. The van der Waals surface area contributed by atoms with Crippen molar-refractivity contribution in [1.29, 1.82) is 0 Å². The molecule has 1 unspecified atom stereocenters. The summed E-state index contributed by atoms with van der Waals surface area (Å²) in [6.45, 7) is 1.87. The highest BCUT2D eigenvalue weighted by molar-refractivity contribution is 5.85. The molecule has 1 heterocycles. The van der Waals surface area contributed by atoms with Gasteiger partial charge in [-0.3, -0.25) is 4.79 Å². The maximum Gasteiger partial charge on any atom is 0.403 e. The summed E-state index contributed by atoms with van der Waals surface area (Å²) in [5, 5.41) is 0. The van der Waals surface area contributed by atoms with E-state index in [0.717, 1.165) is 0 Å². The fourth-order valence-corrected chi connectivity index (χ4v) is 2.00. The van der Waals surface area contributed by atoms with Crippen LogP contribution in [-0.4, -0.2) is 30.6 Å². The Balaban J connectivity index is 3.00. The third kappa shape index (κ3) is 1.48. The van der Waals surface area contributed by atoms with Gasteiger partial charge in [-0.2, -0.15) is 13.2 Å². The maximum absolute atomic E-state index is 12.8. The number of carbonyl (C=O) groups is 1. The van der Waals surface area contributed by atoms with E-state index in [1.54, 1.807) is 6.92 Å². The van der Waals surface area contributed by atoms with Gasteiger partial charge < -0.3 is 4.90 Å². The molecule has 0 spiro atoms. The molecule has 0 radical (unpaired) electrons. The van der Waals surface area contributed by atoms with E-state index in [4.69, 9.17) is 0 Å². The topological polar surface area (TPSA) is 20.3 Å². The number of likely N-dealkylation sites (tertiary alicyclic amines) is 1. The van der Waals surface area contributed by atoms with Crippen molar-refractivity contribution in [2.24, 2.45) is 5.41 Å². The van der Waals surface area contributed by atoms with Gasteiger partial charge in [-0.05, 0) is 12.8 Å². The monoisotopic (exact) mass is 209 g/mol. The number of halogens is 3. The second kappa shape index (κ2) is 3.44. The quantitative estimate of drug-likeness (QED) is 0.682. The van der Waals surface area contributed by atoms with Crippen LogP contribution in [0.3, 0.4) is 0 Å². The highest BCUT2D eigenvalue weighted by atomic mass is 19.4. The molecule has 1 amide bonds. The van der Waals surface area contributed by atoms with Gasteiger partial charge in [-0.25, -0.2) is 0 Å². The molecule has 82 valence electrons. The van der Waals surface area contributed by atoms with Crippen molar-refractivity contribution >= 4 is 5.91 Å². The number of rotatable bonds is 2. The Labute approximate surface area is 81.1 Å². The summed E-state index contributed by atoms with van der Waals surface area (Å²) in [7, 11) is 1.42. The van der Waals surface area contributed by atoms with Crippen molar-refractivity contribution in [3.8, 4) is 0 Å². The first kappa shape index (κ1) is 11.3. The summed E-state index contributed by atoms with van der Waals surface area (Å²) < 4.78 is 38.3. The van der Waals surface area contributed by atoms with Gasteiger partial charge in [0.1, 0.15) is 5.41 Å². The second-order valence-electron chi connectivity index (χ2n) is 3.81. The molecule has 1 fully saturated rings. The predicted molar refractivity (Wildman–Crippen MR) is 45.7 cm³/mol. The third-order valence-electron chi connectivity index (χ3n) is 2.85. The van der Waals surface area contributed by atoms with E-state index in [2.05, 4.69) is 0 Å². The van der Waals surface area contributed by atoms with E-state index in [0.29, 0.717) is 6.42 Å². The van der Waals surface area contributed by atoms with E-state index < -0.39 is 17.5 Å². The van der Waals surface area contributed by atoms with Crippen molar-refractivity contribution in [3.05, 3.63) is 0 Å². The van der Waals surface area contributed by atoms with Gasteiger partial charge in [0.2, 0.25) is 5.91 Å². The van der Waals surface area contributed by atoms with E-state index in [1.807, 2.05) is 0 Å². The lowest BCUT2D eigenvalue weighted by Crippen LogP contribution is -2.44. The van der Waals surface area contributed by atoms with Crippen LogP contribution < -0.4 is 0 Å². The average Bonchev–Trinajstić information content (AvgIpc) is 2.33. The van der Waals surface area contributed by atoms with E-state index in [9.17, 15) is 18.0 Å². The number of hydrogen-bond acceptors (Lipinski definition) is 1. The number of hydrogen-bond donors (Lipinski definition) is 0. The van der Waals surface area contributed by atoms with Crippen LogP contribution in [0, 0.1) is 5.41 Å². The molecule has 1 rings (SSSR count). The average molecular weight is 209 g/mol. The molecule has 0 aromatic carbocycles. The molecular formula is C9H14F3NO. The highest BCUT2D eigenvalue weighted by Gasteiger charge is 2.62. The smallest absolute Gasteiger partial charge is 0.345 e. The van der Waals surface area contributed by atoms with Crippen LogP contribution in [0.4, 0.5) is 13.2 Å². The van der Waals surface area contributed by atoms with Gasteiger partial charge in [-0.1, -0.05) is 13.3 Å². The van der Waals surface area contributed by atoms with Crippen molar-refractivity contribution in [3.63, 3.8) is 0 Å². The zero-order valence-corrected chi connectivity index (χ0v) is 8.32. The molecule has 1 aliphatic rings. The Hall–Kier alpha value is -0.740. The van der Waals surface area contributed by atoms with E-state index in [-0.39, 0.29) is 19.4 Å². The number of amides is 1. The summed E-state index contributed by atoms with van der Waals surface area (Å²) in [5.74, 6) is -0.771. The van der Waals surface area contributed by atoms with E-state index in [1.165, 1.54) is 11.9 Å². The summed E-state index contributed by atoms with van der Waals surface area (Å²) >= 11 is 0. The lowest BCUT2D eigenvalue weighted by atomic mass is 9.81. The molecule has 0 N–H and O–H groups in total. The Morgan fingerprint density at radius 1 is 1.50 bits per heavy atom. The van der Waals surface area contributed by atoms with Crippen LogP contribution in [0.25, 0.3) is 0 Å². The SMILES string of the molecule is CCCC1(C(F)(F)F)CCN(C)C1=O. The molecule has 0 saturated carbocycles. The number of nitrogens with zero attached hydrogens (tertiary/aromatic N) is 1. The molecular weight excluding hydrogens is 195 g/mol. The van der Waals surface area contributed by atoms with Gasteiger partial charge in [0.15, 0.2) is 0 Å². The fraction of sp³-hybridized carbons (Fsp3) is 0.889. The first-order chi connectivity index (χ1) is 6.35. The van der Waals surface area contributed by atoms with Crippen LogP contribution in [0.1, 0.15) is 26.2 Å². The van der Waals surface area contributed by atoms with Gasteiger partial charge >= 0.3 is 6.18 Å². The van der Waals surface area contributed by atoms with Gasteiger partial charge in [0.05, 0.1) is 0 Å². The summed E-state index contributed by atoms with van der Waals surface area (Å²) in [4.78, 5) is 12.6. The van der Waals surface area contributed by atoms with Crippen LogP contribution >= 0.6 is 0 Å². The van der Waals surface area contributed by atoms with Gasteiger partial charge in [-0.15, -0.1) is 0 Å². The molecule has 0 aromatic heterocycles. The van der Waals surface area contributed by atoms with Crippen LogP contribution in [0.2, 0.25) is 0 Å². The van der Waals surface area contributed by atoms with E-state index >= 15 is 0 Å². The summed E-state index contributed by atoms with van der Waals surface area (Å²) in [6.07, 6.45) is -4.23. The Bertz CT molecular complexity index is 235. The molecule has 0 aromatic rings. The standard InChI is InChI=1S/C9H14F3NO/c1-3-4-8(9(10,11)12)5-6-13(2)7(8)14/h3-6H2,1-2H3. The minimum atomic E-state index is -4.41. The molecule has 14 heavy (non-hydrogen) atoms. The fourth-order valence-electron chi connectivity index (χ4n) is 2.00. The van der Waals surface area contributed by atoms with Crippen molar-refractivity contribution < 1.29 is 18.0 Å². The van der Waals surface area contributed by atoms with Crippen LogP contribution in [0.5, 0.6) is 0 Å². The zero-order chi connectivity index (χ0) is 11.0. The Kier molecular flexibility index (Phi) is 2.78. The summed E-state index contributed by atoms with van der Waals surface area (Å²) in [6, 6.07) is 0. The first-order valence-corrected chi connectivity index (χ1v) is 4.67. The molecule has 1 atom stereocenters. The predicted octanol–water partition coefficient (Wildman–Crippen LogP) is 2.20. The van der Waals surface area contributed by atoms with Crippen molar-refractivity contribution in [2.45, 2.75) is 32.4 Å². The minimum Gasteiger partial charge on any atom is -0.345 e. The lowest BCUT2D eigenvalue weighted by molar-refractivity contribution is -0.221. The first-order valence-electron chi connectivity index (χ1n) is 4.67. The Morgan fingerprint density at radius 2 is 2.07 bits per heavy atom. The normalized spacial score (nSPS) is 28.6. The van der Waals surface area contributed by atoms with Crippen molar-refractivity contribution in [1.82, 2.24) is 4.90 Å². The summed E-state index contributed by atoms with van der Waals surface area (Å²) in [5.41, 5.74) is -2.10. The maximum atomic E-state index is 12.8. The molecule has 2 nitrogen and oxygen atoms in total. The molecule has 5 heteroatoms. The molecule has 0 bridgehead atoms. The largest absolute Gasteiger partial charge is 0.403 e. The third-order valence-corrected chi connectivity index (χ3v) is 2.85.